The third-order valence-electron chi connectivity index (χ3n) is 1.74. The lowest BCUT2D eigenvalue weighted by Crippen LogP contribution is -2.03. The molecule has 3 nitrogen and oxygen atoms in total. The van der Waals surface area contributed by atoms with Gasteiger partial charge in [-0.15, -0.1) is 0 Å². The molecule has 0 amide bonds. The Bertz CT molecular complexity index is 98.3. The van der Waals surface area contributed by atoms with Gasteiger partial charge in [0.15, 0.2) is 0 Å². The molecule has 0 aromatic heterocycles. The van der Waals surface area contributed by atoms with Gasteiger partial charge in [-0.2, -0.15) is 0 Å². The van der Waals surface area contributed by atoms with Crippen LogP contribution in [0.3, 0.4) is 0 Å². The summed E-state index contributed by atoms with van der Waals surface area (Å²) in [6.07, 6.45) is 5.68. The van der Waals surface area contributed by atoms with Crippen LogP contribution in [0.1, 0.15) is 46.0 Å². The molecular weight excluding hydrogens is 175 g/mol. The molecule has 0 rings (SSSR count). The number of unbranched alkanes of at least 4 members (excludes halogenated alkanes) is 3. The summed E-state index contributed by atoms with van der Waals surface area (Å²) in [6.45, 7) is 4.04. The monoisotopic (exact) mass is 194 g/mol. The van der Waals surface area contributed by atoms with Crippen molar-refractivity contribution in [1.82, 2.24) is 0 Å². The van der Waals surface area contributed by atoms with E-state index in [0.29, 0.717) is 0 Å². The van der Waals surface area contributed by atoms with Crippen molar-refractivity contribution in [2.75, 3.05) is 0 Å². The Labute approximate surface area is 75.8 Å². The van der Waals surface area contributed by atoms with Crippen LogP contribution in [0.5, 0.6) is 0 Å². The van der Waals surface area contributed by atoms with E-state index in [-0.39, 0.29) is 6.10 Å². The van der Waals surface area contributed by atoms with Crippen LogP contribution in [-0.2, 0) is 4.52 Å². The molecule has 0 bridgehead atoms. The summed E-state index contributed by atoms with van der Waals surface area (Å²) in [7, 11) is -2.16. The Morgan fingerprint density at radius 3 is 2.42 bits per heavy atom. The van der Waals surface area contributed by atoms with E-state index < -0.39 is 8.60 Å². The molecule has 0 spiro atoms. The fraction of sp³-hybridized carbons (Fsp3) is 1.00. The Morgan fingerprint density at radius 1 is 1.25 bits per heavy atom. The highest BCUT2D eigenvalue weighted by atomic mass is 31.2. The van der Waals surface area contributed by atoms with Gasteiger partial charge in [0, 0.05) is 0 Å². The average molecular weight is 194 g/mol. The van der Waals surface area contributed by atoms with Crippen molar-refractivity contribution in [3.05, 3.63) is 0 Å². The van der Waals surface area contributed by atoms with Gasteiger partial charge in [0.05, 0.1) is 6.10 Å². The van der Waals surface area contributed by atoms with E-state index in [1.54, 1.807) is 0 Å². The van der Waals surface area contributed by atoms with Gasteiger partial charge < -0.3 is 14.3 Å². The molecule has 0 aliphatic rings. The van der Waals surface area contributed by atoms with Gasteiger partial charge in [0.25, 0.3) is 0 Å². The van der Waals surface area contributed by atoms with Crippen LogP contribution in [0.25, 0.3) is 0 Å². The summed E-state index contributed by atoms with van der Waals surface area (Å²) in [5, 5.41) is 0. The van der Waals surface area contributed by atoms with E-state index in [9.17, 15) is 0 Å². The third kappa shape index (κ3) is 8.41. The average Bonchev–Trinajstić information content (AvgIpc) is 1.97. The number of hydrogen-bond acceptors (Lipinski definition) is 3. The van der Waals surface area contributed by atoms with Crippen molar-refractivity contribution in [3.63, 3.8) is 0 Å². The lowest BCUT2D eigenvalue weighted by molar-refractivity contribution is 0.174. The molecule has 4 heteroatoms. The first-order valence-corrected chi connectivity index (χ1v) is 5.68. The van der Waals surface area contributed by atoms with Crippen molar-refractivity contribution >= 4 is 8.60 Å². The van der Waals surface area contributed by atoms with E-state index >= 15 is 0 Å². The SMILES string of the molecule is CCCCCC[C@H](C)OP(O)O. The second-order valence-electron chi connectivity index (χ2n) is 3.02. The molecule has 1 atom stereocenters. The Kier molecular flexibility index (Phi) is 8.14. The lowest BCUT2D eigenvalue weighted by atomic mass is 10.1. The highest BCUT2D eigenvalue weighted by Crippen LogP contribution is 2.28. The van der Waals surface area contributed by atoms with Crippen molar-refractivity contribution in [1.29, 1.82) is 0 Å². The molecular formula is C8H19O3P. The zero-order valence-electron chi connectivity index (χ0n) is 7.86. The minimum Gasteiger partial charge on any atom is -0.328 e. The van der Waals surface area contributed by atoms with Crippen molar-refractivity contribution < 1.29 is 14.3 Å². The van der Waals surface area contributed by atoms with Gasteiger partial charge in [-0.1, -0.05) is 32.6 Å². The summed E-state index contributed by atoms with van der Waals surface area (Å²) in [4.78, 5) is 17.0. The maximum atomic E-state index is 8.52. The highest BCUT2D eigenvalue weighted by molar-refractivity contribution is 7.39. The predicted octanol–water partition coefficient (Wildman–Crippen LogP) is 2.57. The smallest absolute Gasteiger partial charge is 0.327 e. The molecule has 12 heavy (non-hydrogen) atoms. The molecule has 0 aliphatic heterocycles. The van der Waals surface area contributed by atoms with Crippen molar-refractivity contribution in [3.8, 4) is 0 Å². The molecule has 0 unspecified atom stereocenters. The Hall–Kier alpha value is 0.310. The van der Waals surface area contributed by atoms with E-state index in [1.807, 2.05) is 6.92 Å². The molecule has 0 aliphatic carbocycles. The summed E-state index contributed by atoms with van der Waals surface area (Å²) in [5.74, 6) is 0. The van der Waals surface area contributed by atoms with E-state index in [0.717, 1.165) is 12.8 Å². The first-order chi connectivity index (χ1) is 5.66. The van der Waals surface area contributed by atoms with Crippen LogP contribution in [0, 0.1) is 0 Å². The second kappa shape index (κ2) is 7.93. The summed E-state index contributed by atoms with van der Waals surface area (Å²) in [5.41, 5.74) is 0. The zero-order valence-corrected chi connectivity index (χ0v) is 8.76. The molecule has 0 saturated carbocycles. The van der Waals surface area contributed by atoms with Crippen LogP contribution >= 0.6 is 8.60 Å². The maximum absolute atomic E-state index is 8.52. The van der Waals surface area contributed by atoms with Gasteiger partial charge in [-0.3, -0.25) is 0 Å². The summed E-state index contributed by atoms with van der Waals surface area (Å²) < 4.78 is 4.81. The fourth-order valence-corrected chi connectivity index (χ4v) is 1.50. The minimum atomic E-state index is -2.16. The van der Waals surface area contributed by atoms with Crippen LogP contribution < -0.4 is 0 Å². The standard InChI is InChI=1S/C8H19O3P/c1-3-4-5-6-7-8(2)11-12(9)10/h8-10H,3-7H2,1-2H3/t8-/m0/s1. The van der Waals surface area contributed by atoms with Gasteiger partial charge in [0.2, 0.25) is 0 Å². The molecule has 0 aromatic carbocycles. The van der Waals surface area contributed by atoms with Crippen LogP contribution in [-0.4, -0.2) is 15.9 Å². The Morgan fingerprint density at radius 2 is 1.92 bits per heavy atom. The molecule has 0 radical (unpaired) electrons. The highest BCUT2D eigenvalue weighted by Gasteiger charge is 2.07. The van der Waals surface area contributed by atoms with E-state index in [4.69, 9.17) is 14.3 Å². The second-order valence-corrected chi connectivity index (χ2v) is 3.73. The van der Waals surface area contributed by atoms with Crippen LogP contribution in [0.15, 0.2) is 0 Å². The molecule has 0 fully saturated rings. The molecule has 0 saturated heterocycles. The maximum Gasteiger partial charge on any atom is 0.327 e. The normalized spacial score (nSPS) is 13.8. The predicted molar refractivity (Wildman–Crippen MR) is 50.7 cm³/mol. The summed E-state index contributed by atoms with van der Waals surface area (Å²) >= 11 is 0. The van der Waals surface area contributed by atoms with Crippen LogP contribution in [0.4, 0.5) is 0 Å². The van der Waals surface area contributed by atoms with Gasteiger partial charge in [-0.05, 0) is 13.3 Å². The minimum absolute atomic E-state index is 0.0250. The first-order valence-electron chi connectivity index (χ1n) is 4.51. The quantitative estimate of drug-likeness (QED) is 0.483. The largest absolute Gasteiger partial charge is 0.328 e. The molecule has 2 N–H and O–H groups in total. The number of rotatable bonds is 7. The first kappa shape index (κ1) is 12.3. The fourth-order valence-electron chi connectivity index (χ4n) is 1.07. The topological polar surface area (TPSA) is 49.7 Å². The van der Waals surface area contributed by atoms with Crippen molar-refractivity contribution in [2.24, 2.45) is 0 Å². The van der Waals surface area contributed by atoms with Gasteiger partial charge in [-0.25, -0.2) is 0 Å². The van der Waals surface area contributed by atoms with E-state index in [1.165, 1.54) is 19.3 Å². The summed E-state index contributed by atoms with van der Waals surface area (Å²) in [6, 6.07) is 0. The zero-order chi connectivity index (χ0) is 9.40. The van der Waals surface area contributed by atoms with E-state index in [2.05, 4.69) is 6.92 Å². The Balaban J connectivity index is 3.14. The van der Waals surface area contributed by atoms with Crippen molar-refractivity contribution in [2.45, 2.75) is 52.1 Å². The molecule has 0 aromatic rings. The number of hydrogen-bond donors (Lipinski definition) is 2. The van der Waals surface area contributed by atoms with Gasteiger partial charge >= 0.3 is 8.60 Å². The molecule has 74 valence electrons. The molecule has 0 heterocycles. The lowest BCUT2D eigenvalue weighted by Gasteiger charge is -2.11. The third-order valence-corrected chi connectivity index (χ3v) is 2.29. The van der Waals surface area contributed by atoms with Gasteiger partial charge in [0.1, 0.15) is 0 Å². The van der Waals surface area contributed by atoms with Crippen LogP contribution in [0.2, 0.25) is 0 Å².